The average molecular weight is 415 g/mol. The number of carboxylic acid groups (broad SMARTS) is 1. The number of allylic oxidation sites excluding steroid dienone is 1. The summed E-state index contributed by atoms with van der Waals surface area (Å²) in [6, 6.07) is 8.22. The molecule has 1 aliphatic heterocycles. The van der Waals surface area contributed by atoms with Crippen molar-refractivity contribution in [3.05, 3.63) is 69.6 Å². The molecule has 0 amide bonds. The molecule has 5 nitrogen and oxygen atoms in total. The lowest BCUT2D eigenvalue weighted by atomic mass is 9.73. The van der Waals surface area contributed by atoms with Gasteiger partial charge >= 0.3 is 5.97 Å². The second-order valence-electron chi connectivity index (χ2n) is 8.24. The second-order valence-corrected chi connectivity index (χ2v) is 8.64. The Morgan fingerprint density at radius 2 is 1.97 bits per heavy atom. The molecule has 0 bridgehead atoms. The van der Waals surface area contributed by atoms with Gasteiger partial charge in [0.05, 0.1) is 23.0 Å². The fourth-order valence-electron chi connectivity index (χ4n) is 4.08. The minimum Gasteiger partial charge on any atom is -0.478 e. The number of benzene rings is 2. The van der Waals surface area contributed by atoms with Crippen LogP contribution in [0.3, 0.4) is 0 Å². The summed E-state index contributed by atoms with van der Waals surface area (Å²) in [5.74, 6) is -1.65. The topological polar surface area (TPSA) is 78.4 Å². The van der Waals surface area contributed by atoms with Crippen LogP contribution in [0.25, 0.3) is 0 Å². The zero-order chi connectivity index (χ0) is 20.9. The molecule has 1 heterocycles. The smallest absolute Gasteiger partial charge is 0.335 e. The van der Waals surface area contributed by atoms with E-state index in [0.29, 0.717) is 35.5 Å². The van der Waals surface area contributed by atoms with Crippen molar-refractivity contribution in [1.29, 1.82) is 0 Å². The highest BCUT2D eigenvalue weighted by atomic mass is 35.5. The first-order valence-electron chi connectivity index (χ1n) is 9.27. The molecular formula is C22H20ClFN2O3. The molecular weight excluding hydrogens is 395 g/mol. The molecule has 0 radical (unpaired) electrons. The van der Waals surface area contributed by atoms with Crippen LogP contribution in [-0.4, -0.2) is 16.9 Å². The highest BCUT2D eigenvalue weighted by molar-refractivity contribution is 6.31. The second kappa shape index (κ2) is 6.88. The molecule has 0 spiro atoms. The number of halogens is 2. The Morgan fingerprint density at radius 1 is 1.21 bits per heavy atom. The lowest BCUT2D eigenvalue weighted by Crippen LogP contribution is -2.31. The highest BCUT2D eigenvalue weighted by Crippen LogP contribution is 2.47. The van der Waals surface area contributed by atoms with Crippen molar-refractivity contribution in [2.24, 2.45) is 5.41 Å². The van der Waals surface area contributed by atoms with Crippen LogP contribution in [0.15, 0.2) is 47.7 Å². The Hall–Kier alpha value is -2.86. The van der Waals surface area contributed by atoms with E-state index in [4.69, 9.17) is 11.6 Å². The van der Waals surface area contributed by atoms with Gasteiger partial charge in [-0.1, -0.05) is 31.5 Å². The van der Waals surface area contributed by atoms with Gasteiger partial charge in [0.25, 0.3) is 0 Å². The maximum atomic E-state index is 14.8. The third-order valence-electron chi connectivity index (χ3n) is 5.35. The summed E-state index contributed by atoms with van der Waals surface area (Å²) in [6.45, 7) is 3.99. The zero-order valence-electron chi connectivity index (χ0n) is 16.0. The van der Waals surface area contributed by atoms with Crippen molar-refractivity contribution in [3.8, 4) is 0 Å². The van der Waals surface area contributed by atoms with Gasteiger partial charge in [0.15, 0.2) is 5.78 Å². The van der Waals surface area contributed by atoms with Crippen LogP contribution < -0.4 is 10.6 Å². The molecule has 2 aliphatic rings. The van der Waals surface area contributed by atoms with Gasteiger partial charge in [0.2, 0.25) is 0 Å². The molecule has 1 atom stereocenters. The molecule has 2 aromatic rings. The maximum absolute atomic E-state index is 14.8. The Kier molecular flexibility index (Phi) is 4.62. The maximum Gasteiger partial charge on any atom is 0.335 e. The number of hydrogen-bond acceptors (Lipinski definition) is 4. The first-order chi connectivity index (χ1) is 13.7. The summed E-state index contributed by atoms with van der Waals surface area (Å²) in [7, 11) is 0. The Morgan fingerprint density at radius 3 is 2.66 bits per heavy atom. The summed E-state index contributed by atoms with van der Waals surface area (Å²) in [6.07, 6.45) is 0.892. The third-order valence-corrected chi connectivity index (χ3v) is 5.68. The monoisotopic (exact) mass is 414 g/mol. The zero-order valence-corrected chi connectivity index (χ0v) is 16.7. The predicted octanol–water partition coefficient (Wildman–Crippen LogP) is 5.40. The summed E-state index contributed by atoms with van der Waals surface area (Å²) in [4.78, 5) is 24.5. The number of ketones is 1. The number of hydrogen-bond donors (Lipinski definition) is 3. The van der Waals surface area contributed by atoms with Gasteiger partial charge in [-0.2, -0.15) is 0 Å². The van der Waals surface area contributed by atoms with E-state index in [1.807, 2.05) is 13.8 Å². The molecule has 1 aliphatic carbocycles. The van der Waals surface area contributed by atoms with E-state index in [2.05, 4.69) is 10.6 Å². The molecule has 2 aromatic carbocycles. The third kappa shape index (κ3) is 3.49. The number of aromatic carboxylic acids is 1. The Balaban J connectivity index is 1.94. The van der Waals surface area contributed by atoms with E-state index in [1.165, 1.54) is 24.3 Å². The number of nitrogens with one attached hydrogen (secondary N) is 2. The molecule has 7 heteroatoms. The standard InChI is InChI=1S/C22H20ClFN2O3/c1-22(2)9-16-19(17(27)10-22)20(18-12(23)4-3-5-13(18)24)26-14-7-6-11(21(28)29)8-15(14)25-16/h3-8,20,25-26H,9-10H2,1-2H3,(H,28,29)/t20-/m0/s1. The number of carboxylic acids is 1. The molecule has 0 unspecified atom stereocenters. The first-order valence-corrected chi connectivity index (χ1v) is 9.65. The number of rotatable bonds is 2. The van der Waals surface area contributed by atoms with Crippen LogP contribution in [0, 0.1) is 11.2 Å². The van der Waals surface area contributed by atoms with Gasteiger partial charge in [-0.15, -0.1) is 0 Å². The quantitative estimate of drug-likeness (QED) is 0.613. The van der Waals surface area contributed by atoms with Gasteiger partial charge in [0.1, 0.15) is 5.82 Å². The molecule has 4 rings (SSSR count). The van der Waals surface area contributed by atoms with Gasteiger partial charge < -0.3 is 15.7 Å². The van der Waals surface area contributed by atoms with E-state index in [-0.39, 0.29) is 27.3 Å². The normalized spacial score (nSPS) is 20.1. The molecule has 0 aromatic heterocycles. The minimum atomic E-state index is -1.05. The van der Waals surface area contributed by atoms with Crippen LogP contribution in [0.4, 0.5) is 15.8 Å². The van der Waals surface area contributed by atoms with Crippen molar-refractivity contribution in [2.45, 2.75) is 32.7 Å². The number of Topliss-reactive ketones (excluding diaryl/α,β-unsaturated/α-hetero) is 1. The number of fused-ring (bicyclic) bond motifs is 1. The molecule has 0 fully saturated rings. The summed E-state index contributed by atoms with van der Waals surface area (Å²) < 4.78 is 14.8. The summed E-state index contributed by atoms with van der Waals surface area (Å²) in [5.41, 5.74) is 2.23. The van der Waals surface area contributed by atoms with Gasteiger partial charge in [-0.3, -0.25) is 4.79 Å². The average Bonchev–Trinajstić information content (AvgIpc) is 2.76. The first kappa shape index (κ1) is 19.5. The Labute approximate surface area is 172 Å². The van der Waals surface area contributed by atoms with E-state index >= 15 is 0 Å². The van der Waals surface area contributed by atoms with Crippen LogP contribution in [0.2, 0.25) is 5.02 Å². The molecule has 29 heavy (non-hydrogen) atoms. The molecule has 3 N–H and O–H groups in total. The van der Waals surface area contributed by atoms with E-state index in [1.54, 1.807) is 12.1 Å². The van der Waals surface area contributed by atoms with Gasteiger partial charge in [-0.25, -0.2) is 9.18 Å². The van der Waals surface area contributed by atoms with Gasteiger partial charge in [0, 0.05) is 28.3 Å². The van der Waals surface area contributed by atoms with E-state index in [9.17, 15) is 19.1 Å². The fourth-order valence-corrected chi connectivity index (χ4v) is 4.35. The largest absolute Gasteiger partial charge is 0.478 e. The van der Waals surface area contributed by atoms with Crippen molar-refractivity contribution < 1.29 is 19.1 Å². The van der Waals surface area contributed by atoms with Crippen LogP contribution in [0.5, 0.6) is 0 Å². The lowest BCUT2D eigenvalue weighted by Gasteiger charge is -2.34. The molecule has 0 saturated heterocycles. The van der Waals surface area contributed by atoms with Gasteiger partial charge in [-0.05, 0) is 42.2 Å². The predicted molar refractivity (Wildman–Crippen MR) is 110 cm³/mol. The van der Waals surface area contributed by atoms with Crippen molar-refractivity contribution >= 4 is 34.7 Å². The van der Waals surface area contributed by atoms with Crippen LogP contribution in [-0.2, 0) is 4.79 Å². The van der Waals surface area contributed by atoms with Crippen molar-refractivity contribution in [2.75, 3.05) is 10.6 Å². The number of anilines is 2. The molecule has 0 saturated carbocycles. The lowest BCUT2D eigenvalue weighted by molar-refractivity contribution is -0.118. The summed E-state index contributed by atoms with van der Waals surface area (Å²) >= 11 is 6.33. The van der Waals surface area contributed by atoms with Crippen LogP contribution in [0.1, 0.15) is 48.7 Å². The van der Waals surface area contributed by atoms with E-state index in [0.717, 1.165) is 0 Å². The minimum absolute atomic E-state index is 0.0909. The van der Waals surface area contributed by atoms with Crippen molar-refractivity contribution in [1.82, 2.24) is 0 Å². The van der Waals surface area contributed by atoms with Crippen molar-refractivity contribution in [3.63, 3.8) is 0 Å². The summed E-state index contributed by atoms with van der Waals surface area (Å²) in [5, 5.41) is 16.0. The van der Waals surface area contributed by atoms with Crippen LogP contribution >= 0.6 is 11.6 Å². The number of carbonyl (C=O) groups is 2. The Bertz CT molecular complexity index is 1060. The molecule has 150 valence electrons. The highest BCUT2D eigenvalue weighted by Gasteiger charge is 2.40. The van der Waals surface area contributed by atoms with E-state index < -0.39 is 17.8 Å². The number of carbonyl (C=O) groups excluding carboxylic acids is 1. The fraction of sp³-hybridized carbons (Fsp3) is 0.273. The SMILES string of the molecule is CC1(C)CC(=O)C2=C(C1)Nc1cc(C(=O)O)ccc1N[C@H]2c1c(F)cccc1Cl.